The summed E-state index contributed by atoms with van der Waals surface area (Å²) in [6, 6.07) is 1.47. The molecule has 0 amide bonds. The Bertz CT molecular complexity index is 667. The molecule has 2 saturated heterocycles. The average molecular weight is 527 g/mol. The quantitative estimate of drug-likeness (QED) is 0.381. The van der Waals surface area contributed by atoms with Crippen LogP contribution in [0.15, 0.2) is 0 Å². The highest BCUT2D eigenvalue weighted by Crippen LogP contribution is 2.53. The molecule has 2 aliphatic heterocycles. The van der Waals surface area contributed by atoms with Crippen molar-refractivity contribution in [3.63, 3.8) is 0 Å². The van der Waals surface area contributed by atoms with Crippen molar-refractivity contribution in [1.29, 1.82) is 0 Å². The standard InChI is InChI=1S/C36H66N2/c1-35(2,3)31-14-10-25(11-15-31)28-21-29(26-12-16-32(17-13-26)36(4,5)6)23-30(22-28)27-18-20-38-34(24-27)33-9-7-8-19-37-33/h25-34,37-38H,7-24H2,1-6H3. The fraction of sp³-hybridized carbons (Fsp3) is 1.00. The number of hydrogen-bond donors (Lipinski definition) is 2. The van der Waals surface area contributed by atoms with E-state index in [0.717, 1.165) is 59.4 Å². The first-order valence-corrected chi connectivity index (χ1v) is 17.5. The third kappa shape index (κ3) is 7.21. The maximum Gasteiger partial charge on any atom is 0.0223 e. The van der Waals surface area contributed by atoms with Crippen molar-refractivity contribution in [3.8, 4) is 0 Å². The molecule has 220 valence electrons. The highest BCUT2D eigenvalue weighted by atomic mass is 15.0. The van der Waals surface area contributed by atoms with Gasteiger partial charge in [0.05, 0.1) is 0 Å². The van der Waals surface area contributed by atoms with Gasteiger partial charge >= 0.3 is 0 Å². The zero-order valence-electron chi connectivity index (χ0n) is 26.5. The number of hydrogen-bond acceptors (Lipinski definition) is 2. The summed E-state index contributed by atoms with van der Waals surface area (Å²) in [5, 5.41) is 7.89. The van der Waals surface area contributed by atoms with Gasteiger partial charge in [-0.1, -0.05) is 48.0 Å². The number of piperidine rings is 2. The maximum atomic E-state index is 3.98. The van der Waals surface area contributed by atoms with E-state index in [1.807, 2.05) is 0 Å². The Balaban J connectivity index is 1.26. The van der Waals surface area contributed by atoms with E-state index in [2.05, 4.69) is 52.2 Å². The van der Waals surface area contributed by atoms with E-state index in [9.17, 15) is 0 Å². The van der Waals surface area contributed by atoms with Crippen LogP contribution >= 0.6 is 0 Å². The van der Waals surface area contributed by atoms with Crippen molar-refractivity contribution >= 4 is 0 Å². The molecule has 3 aliphatic carbocycles. The van der Waals surface area contributed by atoms with E-state index in [0.29, 0.717) is 10.8 Å². The van der Waals surface area contributed by atoms with Gasteiger partial charge in [-0.2, -0.15) is 0 Å². The van der Waals surface area contributed by atoms with E-state index in [-0.39, 0.29) is 0 Å². The third-order valence-electron chi connectivity index (χ3n) is 13.1. The molecule has 0 bridgehead atoms. The summed E-state index contributed by atoms with van der Waals surface area (Å²) in [6.45, 7) is 17.5. The van der Waals surface area contributed by atoms with Crippen LogP contribution in [0.25, 0.3) is 0 Å². The molecule has 2 nitrogen and oxygen atoms in total. The van der Waals surface area contributed by atoms with Crippen molar-refractivity contribution in [2.75, 3.05) is 13.1 Å². The monoisotopic (exact) mass is 527 g/mol. The minimum Gasteiger partial charge on any atom is -0.312 e. The zero-order valence-corrected chi connectivity index (χ0v) is 26.5. The molecule has 5 rings (SSSR count). The third-order valence-corrected chi connectivity index (χ3v) is 13.1. The normalized spacial score (nSPS) is 44.1. The molecule has 38 heavy (non-hydrogen) atoms. The van der Waals surface area contributed by atoms with Crippen LogP contribution in [-0.2, 0) is 0 Å². The van der Waals surface area contributed by atoms with Gasteiger partial charge in [0.1, 0.15) is 0 Å². The summed E-state index contributed by atoms with van der Waals surface area (Å²) >= 11 is 0. The molecule has 2 heteroatoms. The first-order valence-electron chi connectivity index (χ1n) is 17.5. The summed E-state index contributed by atoms with van der Waals surface area (Å²) in [6.07, 6.45) is 24.0. The van der Waals surface area contributed by atoms with Gasteiger partial charge in [0.15, 0.2) is 0 Å². The van der Waals surface area contributed by atoms with Crippen LogP contribution in [0.3, 0.4) is 0 Å². The topological polar surface area (TPSA) is 24.1 Å². The Morgan fingerprint density at radius 1 is 0.395 bits per heavy atom. The van der Waals surface area contributed by atoms with E-state index in [1.54, 1.807) is 19.3 Å². The molecule has 5 aliphatic rings. The zero-order chi connectivity index (χ0) is 26.9. The lowest BCUT2D eigenvalue weighted by atomic mass is 9.57. The highest BCUT2D eigenvalue weighted by molar-refractivity contribution is 4.96. The molecule has 0 radical (unpaired) electrons. The van der Waals surface area contributed by atoms with E-state index >= 15 is 0 Å². The van der Waals surface area contributed by atoms with Gasteiger partial charge in [0, 0.05) is 12.1 Å². The molecule has 5 unspecified atom stereocenters. The lowest BCUT2D eigenvalue weighted by Crippen LogP contribution is -2.54. The molecule has 0 spiro atoms. The molecule has 5 fully saturated rings. The summed E-state index contributed by atoms with van der Waals surface area (Å²) in [7, 11) is 0. The second kappa shape index (κ2) is 12.4. The SMILES string of the molecule is CC(C)(C)C1CCC(C2CC(C3CCC(C(C)(C)C)CC3)CC(C3CCNC(C4CCCCN4)C3)C2)CC1. The van der Waals surface area contributed by atoms with Gasteiger partial charge in [0.2, 0.25) is 0 Å². The van der Waals surface area contributed by atoms with Gasteiger partial charge in [0.25, 0.3) is 0 Å². The number of nitrogens with one attached hydrogen (secondary N) is 2. The highest BCUT2D eigenvalue weighted by Gasteiger charge is 2.43. The van der Waals surface area contributed by atoms with E-state index in [1.165, 1.54) is 96.6 Å². The predicted molar refractivity (Wildman–Crippen MR) is 164 cm³/mol. The Labute approximate surface area is 238 Å². The first kappa shape index (κ1) is 29.4. The fourth-order valence-corrected chi connectivity index (χ4v) is 10.5. The Hall–Kier alpha value is -0.0800. The smallest absolute Gasteiger partial charge is 0.0223 e. The average Bonchev–Trinajstić information content (AvgIpc) is 2.92. The molecule has 0 aromatic rings. The molecule has 5 atom stereocenters. The molecular weight excluding hydrogens is 460 g/mol. The second-order valence-electron chi connectivity index (χ2n) is 17.3. The van der Waals surface area contributed by atoms with E-state index < -0.39 is 0 Å². The molecule has 2 heterocycles. The van der Waals surface area contributed by atoms with Crippen LogP contribution in [-0.4, -0.2) is 25.2 Å². The summed E-state index contributed by atoms with van der Waals surface area (Å²) < 4.78 is 0. The van der Waals surface area contributed by atoms with Crippen LogP contribution < -0.4 is 10.6 Å². The van der Waals surface area contributed by atoms with Gasteiger partial charge < -0.3 is 10.6 Å². The summed E-state index contributed by atoms with van der Waals surface area (Å²) in [5.41, 5.74) is 1.01. The molecule has 2 N–H and O–H groups in total. The lowest BCUT2D eigenvalue weighted by molar-refractivity contribution is 0.0192. The predicted octanol–water partition coefficient (Wildman–Crippen LogP) is 9.23. The van der Waals surface area contributed by atoms with Crippen LogP contribution in [0.4, 0.5) is 0 Å². The molecular formula is C36H66N2. The molecule has 0 aromatic carbocycles. The molecule has 3 saturated carbocycles. The Morgan fingerprint density at radius 2 is 0.868 bits per heavy atom. The van der Waals surface area contributed by atoms with Crippen LogP contribution in [0, 0.1) is 58.2 Å². The van der Waals surface area contributed by atoms with E-state index in [4.69, 9.17) is 0 Å². The minimum absolute atomic E-state index is 0.506. The Kier molecular flexibility index (Phi) is 9.62. The van der Waals surface area contributed by atoms with Crippen molar-refractivity contribution in [2.45, 2.75) is 156 Å². The summed E-state index contributed by atoms with van der Waals surface area (Å²) in [4.78, 5) is 0. The van der Waals surface area contributed by atoms with Crippen LogP contribution in [0.2, 0.25) is 0 Å². The van der Waals surface area contributed by atoms with Gasteiger partial charge in [-0.15, -0.1) is 0 Å². The van der Waals surface area contributed by atoms with Crippen molar-refractivity contribution in [2.24, 2.45) is 58.2 Å². The van der Waals surface area contributed by atoms with Crippen LogP contribution in [0.1, 0.15) is 144 Å². The second-order valence-corrected chi connectivity index (χ2v) is 17.3. The van der Waals surface area contributed by atoms with Crippen molar-refractivity contribution in [1.82, 2.24) is 10.6 Å². The minimum atomic E-state index is 0.506. The molecule has 0 aromatic heterocycles. The number of rotatable bonds is 4. The largest absolute Gasteiger partial charge is 0.312 e. The lowest BCUT2D eigenvalue weighted by Gasteiger charge is -2.49. The van der Waals surface area contributed by atoms with Crippen LogP contribution in [0.5, 0.6) is 0 Å². The fourth-order valence-electron chi connectivity index (χ4n) is 10.5. The van der Waals surface area contributed by atoms with Gasteiger partial charge in [-0.3, -0.25) is 0 Å². The van der Waals surface area contributed by atoms with Gasteiger partial charge in [-0.25, -0.2) is 0 Å². The van der Waals surface area contributed by atoms with Crippen molar-refractivity contribution < 1.29 is 0 Å². The Morgan fingerprint density at radius 3 is 1.32 bits per heavy atom. The summed E-state index contributed by atoms with van der Waals surface area (Å²) in [5.74, 6) is 8.01. The van der Waals surface area contributed by atoms with Crippen molar-refractivity contribution in [3.05, 3.63) is 0 Å². The first-order chi connectivity index (χ1) is 18.1. The maximum absolute atomic E-state index is 3.98. The van der Waals surface area contributed by atoms with Gasteiger partial charge in [-0.05, 0) is 168 Å².